The molecule has 8 fully saturated rings. The van der Waals surface area contributed by atoms with E-state index in [2.05, 4.69) is 27.7 Å². The van der Waals surface area contributed by atoms with Gasteiger partial charge >= 0.3 is 0 Å². The van der Waals surface area contributed by atoms with Crippen LogP contribution < -0.4 is 0 Å². The minimum atomic E-state index is -0.356. The molecule has 0 aliphatic heterocycles. The highest BCUT2D eigenvalue weighted by atomic mass is 16.5. The maximum Gasteiger partial charge on any atom is 0.167 e. The van der Waals surface area contributed by atoms with Crippen LogP contribution in [0.25, 0.3) is 0 Å². The van der Waals surface area contributed by atoms with Gasteiger partial charge in [-0.05, 0) is 142 Å². The molecule has 0 saturated heterocycles. The Morgan fingerprint density at radius 3 is 1.80 bits per heavy atom. The van der Waals surface area contributed by atoms with Gasteiger partial charge in [0.25, 0.3) is 0 Å². The molecule has 8 rings (SSSR count). The average molecular weight is 563 g/mol. The van der Waals surface area contributed by atoms with Gasteiger partial charge in [0, 0.05) is 17.3 Å². The molecule has 3 heteroatoms. The number of carbonyl (C=O) groups is 2. The van der Waals surface area contributed by atoms with Gasteiger partial charge < -0.3 is 4.74 Å². The largest absolute Gasteiger partial charge is 0.359 e. The van der Waals surface area contributed by atoms with E-state index in [4.69, 9.17) is 4.74 Å². The second kappa shape index (κ2) is 9.40. The second-order valence-electron chi connectivity index (χ2n) is 18.1. The normalized spacial score (nSPS) is 58.0. The van der Waals surface area contributed by atoms with Crippen molar-refractivity contribution in [3.8, 4) is 0 Å². The summed E-state index contributed by atoms with van der Waals surface area (Å²) in [7, 11) is 0. The molecule has 41 heavy (non-hydrogen) atoms. The first-order valence-electron chi connectivity index (χ1n) is 18.3. The molecule has 8 aliphatic rings. The van der Waals surface area contributed by atoms with Crippen molar-refractivity contribution in [2.45, 2.75) is 155 Å². The van der Waals surface area contributed by atoms with Crippen LogP contribution in [0, 0.1) is 69.0 Å². The predicted molar refractivity (Wildman–Crippen MR) is 162 cm³/mol. The van der Waals surface area contributed by atoms with Crippen molar-refractivity contribution in [2.24, 2.45) is 69.0 Å². The fraction of sp³-hybridized carbons (Fsp3) is 0.947. The third-order valence-corrected chi connectivity index (χ3v) is 16.9. The van der Waals surface area contributed by atoms with Crippen LogP contribution in [0.4, 0.5) is 0 Å². The molecule has 14 atom stereocenters. The van der Waals surface area contributed by atoms with Gasteiger partial charge in [0.2, 0.25) is 0 Å². The summed E-state index contributed by atoms with van der Waals surface area (Å²) in [4.78, 5) is 28.1. The summed E-state index contributed by atoms with van der Waals surface area (Å²) in [6.45, 7) is 9.94. The van der Waals surface area contributed by atoms with Crippen molar-refractivity contribution >= 4 is 11.6 Å². The monoisotopic (exact) mass is 562 g/mol. The van der Waals surface area contributed by atoms with Crippen LogP contribution in [-0.4, -0.2) is 23.8 Å². The van der Waals surface area contributed by atoms with Gasteiger partial charge in [0.15, 0.2) is 11.6 Å². The maximum absolute atomic E-state index is 14.2. The second-order valence-corrected chi connectivity index (χ2v) is 18.1. The Balaban J connectivity index is 1.02. The maximum atomic E-state index is 14.2. The standard InChI is InChI=1S/C38H58O3/c1-35-17-7-5-10-24(35)12-14-26-27(35)15-19-37(3)30(26)22-32(33(37)40)41-34-31(39)21-29-25-13-11-23-9-6-8-18-36(23,2)28(25)16-20-38(29,34)4/h23-30,32,34H,5-22H2,1-4H3/t23?,24?,25-,26-,27+,28+,29+,30+,32-,34+,35+,36+,37+,38+/m1/s1. The molecular weight excluding hydrogens is 504 g/mol. The molecule has 0 N–H and O–H groups in total. The Hall–Kier alpha value is -0.700. The van der Waals surface area contributed by atoms with Crippen molar-refractivity contribution in [1.82, 2.24) is 0 Å². The van der Waals surface area contributed by atoms with E-state index in [1.54, 1.807) is 0 Å². The molecule has 0 aromatic heterocycles. The molecule has 0 heterocycles. The van der Waals surface area contributed by atoms with Crippen LogP contribution in [0.15, 0.2) is 0 Å². The van der Waals surface area contributed by atoms with Crippen LogP contribution in [0.3, 0.4) is 0 Å². The Bertz CT molecular complexity index is 1100. The quantitative estimate of drug-likeness (QED) is 0.337. The Morgan fingerprint density at radius 1 is 0.585 bits per heavy atom. The lowest BCUT2D eigenvalue weighted by Gasteiger charge is -2.60. The van der Waals surface area contributed by atoms with E-state index in [-0.39, 0.29) is 23.0 Å². The number of fused-ring (bicyclic) bond motifs is 10. The number of rotatable bonds is 2. The van der Waals surface area contributed by atoms with Crippen molar-refractivity contribution < 1.29 is 14.3 Å². The Kier molecular flexibility index (Phi) is 6.38. The molecular formula is C38H58O3. The van der Waals surface area contributed by atoms with Crippen LogP contribution in [0.1, 0.15) is 143 Å². The third kappa shape index (κ3) is 3.72. The van der Waals surface area contributed by atoms with E-state index in [0.29, 0.717) is 52.5 Å². The van der Waals surface area contributed by atoms with E-state index in [1.165, 1.54) is 89.9 Å². The van der Waals surface area contributed by atoms with Gasteiger partial charge in [-0.15, -0.1) is 0 Å². The van der Waals surface area contributed by atoms with Gasteiger partial charge in [0.05, 0.1) is 0 Å². The Labute approximate surface area is 250 Å². The molecule has 0 radical (unpaired) electrons. The molecule has 3 nitrogen and oxygen atoms in total. The van der Waals surface area contributed by atoms with Crippen molar-refractivity contribution in [1.29, 1.82) is 0 Å². The van der Waals surface area contributed by atoms with Crippen molar-refractivity contribution in [2.75, 3.05) is 0 Å². The minimum Gasteiger partial charge on any atom is -0.359 e. The molecule has 8 saturated carbocycles. The van der Waals surface area contributed by atoms with E-state index < -0.39 is 0 Å². The molecule has 0 aromatic rings. The van der Waals surface area contributed by atoms with E-state index >= 15 is 0 Å². The van der Waals surface area contributed by atoms with E-state index in [0.717, 1.165) is 42.9 Å². The van der Waals surface area contributed by atoms with E-state index in [9.17, 15) is 9.59 Å². The summed E-state index contributed by atoms with van der Waals surface area (Å²) >= 11 is 0. The lowest BCUT2D eigenvalue weighted by Crippen LogP contribution is -2.54. The lowest BCUT2D eigenvalue weighted by molar-refractivity contribution is -0.159. The first-order valence-corrected chi connectivity index (χ1v) is 18.3. The number of hydrogen-bond acceptors (Lipinski definition) is 3. The number of ether oxygens (including phenoxy) is 1. The molecule has 0 spiro atoms. The summed E-state index contributed by atoms with van der Waals surface area (Å²) in [5, 5.41) is 0. The molecule has 228 valence electrons. The first-order chi connectivity index (χ1) is 19.6. The smallest absolute Gasteiger partial charge is 0.167 e. The zero-order valence-electron chi connectivity index (χ0n) is 26.7. The zero-order valence-corrected chi connectivity index (χ0v) is 26.7. The van der Waals surface area contributed by atoms with Crippen LogP contribution >= 0.6 is 0 Å². The summed E-state index contributed by atoms with van der Waals surface area (Å²) in [5.74, 6) is 6.33. The van der Waals surface area contributed by atoms with Gasteiger partial charge in [-0.1, -0.05) is 53.4 Å². The van der Waals surface area contributed by atoms with Crippen molar-refractivity contribution in [3.63, 3.8) is 0 Å². The number of hydrogen-bond donors (Lipinski definition) is 0. The summed E-state index contributed by atoms with van der Waals surface area (Å²) in [5.41, 5.74) is 0.651. The average Bonchev–Trinajstić information content (AvgIpc) is 3.37. The predicted octanol–water partition coefficient (Wildman–Crippen LogP) is 8.96. The molecule has 0 bridgehead atoms. The lowest BCUT2D eigenvalue weighted by atomic mass is 9.45. The van der Waals surface area contributed by atoms with E-state index in [1.807, 2.05) is 0 Å². The molecule has 0 amide bonds. The zero-order chi connectivity index (χ0) is 28.4. The number of carbonyl (C=O) groups excluding carboxylic acids is 2. The van der Waals surface area contributed by atoms with Gasteiger partial charge in [-0.25, -0.2) is 0 Å². The fourth-order valence-corrected chi connectivity index (χ4v) is 14.6. The highest BCUT2D eigenvalue weighted by molar-refractivity contribution is 5.92. The Morgan fingerprint density at radius 2 is 1.17 bits per heavy atom. The molecule has 8 aliphatic carbocycles. The number of ketones is 2. The first kappa shape index (κ1) is 27.8. The minimum absolute atomic E-state index is 0.0821. The van der Waals surface area contributed by atoms with Crippen molar-refractivity contribution in [3.05, 3.63) is 0 Å². The van der Waals surface area contributed by atoms with Gasteiger partial charge in [-0.2, -0.15) is 0 Å². The number of Topliss-reactive ketones (excluding diaryl/α,β-unsaturated/α-hetero) is 2. The summed E-state index contributed by atoms with van der Waals surface area (Å²) < 4.78 is 6.95. The third-order valence-electron chi connectivity index (χ3n) is 16.9. The SMILES string of the molecule is C[C@]12CC[C@H]3[C@@H](CCC4CCCC[C@@]43C)[C@@H]1CC(=O)[C@@H]2O[C@@H]1C[C@H]2[C@@H]3CCC4CCCC[C@]4(C)[C@H]3CC[C@]2(C)C1=O. The van der Waals surface area contributed by atoms with Gasteiger partial charge in [-0.3, -0.25) is 9.59 Å². The summed E-state index contributed by atoms with van der Waals surface area (Å²) in [6.07, 6.45) is 22.2. The fourth-order valence-electron chi connectivity index (χ4n) is 14.6. The summed E-state index contributed by atoms with van der Waals surface area (Å²) in [6, 6.07) is 0. The topological polar surface area (TPSA) is 43.4 Å². The van der Waals surface area contributed by atoms with Crippen LogP contribution in [0.2, 0.25) is 0 Å². The highest BCUT2D eigenvalue weighted by Gasteiger charge is 2.66. The van der Waals surface area contributed by atoms with Gasteiger partial charge in [0.1, 0.15) is 12.2 Å². The highest BCUT2D eigenvalue weighted by Crippen LogP contribution is 2.68. The molecule has 2 unspecified atom stereocenters. The molecule has 0 aromatic carbocycles. The van der Waals surface area contributed by atoms with Crippen LogP contribution in [-0.2, 0) is 14.3 Å². The van der Waals surface area contributed by atoms with Crippen LogP contribution in [0.5, 0.6) is 0 Å².